The molecule has 19 heavy (non-hydrogen) atoms. The molecule has 0 fully saturated rings. The summed E-state index contributed by atoms with van der Waals surface area (Å²) in [6.45, 7) is 0. The molecule has 0 aromatic heterocycles. The van der Waals surface area contributed by atoms with Crippen LogP contribution in [-0.2, 0) is 0 Å². The van der Waals surface area contributed by atoms with Crippen LogP contribution in [0.5, 0.6) is 0 Å². The molecule has 2 aromatic rings. The van der Waals surface area contributed by atoms with Crippen LogP contribution in [0.15, 0.2) is 42.5 Å². The number of nitrogens with two attached hydrogens (primary N) is 2. The van der Waals surface area contributed by atoms with Gasteiger partial charge in [-0.2, -0.15) is 0 Å². The molecule has 0 aliphatic rings. The van der Waals surface area contributed by atoms with Crippen molar-refractivity contribution in [1.29, 1.82) is 5.41 Å². The molecule has 0 heterocycles. The molecular formula is C14H12ClN3O. The van der Waals surface area contributed by atoms with Crippen LogP contribution >= 0.6 is 11.6 Å². The van der Waals surface area contributed by atoms with E-state index < -0.39 is 5.91 Å². The zero-order valence-corrected chi connectivity index (χ0v) is 10.7. The van der Waals surface area contributed by atoms with E-state index in [2.05, 4.69) is 0 Å². The Labute approximate surface area is 115 Å². The fourth-order valence-electron chi connectivity index (χ4n) is 1.70. The van der Waals surface area contributed by atoms with E-state index in [9.17, 15) is 4.79 Å². The Morgan fingerprint density at radius 2 is 1.63 bits per heavy atom. The van der Waals surface area contributed by atoms with Crippen LogP contribution < -0.4 is 11.5 Å². The van der Waals surface area contributed by atoms with E-state index in [0.29, 0.717) is 27.4 Å². The first-order valence-corrected chi connectivity index (χ1v) is 5.91. The molecular weight excluding hydrogens is 262 g/mol. The van der Waals surface area contributed by atoms with Crippen molar-refractivity contribution in [2.45, 2.75) is 0 Å². The number of benzene rings is 2. The van der Waals surface area contributed by atoms with Gasteiger partial charge in [-0.1, -0.05) is 23.7 Å². The minimum absolute atomic E-state index is 0.220. The molecule has 0 aliphatic carbocycles. The maximum absolute atomic E-state index is 11.2. The normalized spacial score (nSPS) is 10.2. The molecule has 1 amide bonds. The summed E-state index contributed by atoms with van der Waals surface area (Å²) < 4.78 is 0. The molecule has 0 atom stereocenters. The number of anilines is 1. The molecule has 5 heteroatoms. The van der Waals surface area contributed by atoms with Crippen molar-refractivity contribution < 1.29 is 4.79 Å². The summed E-state index contributed by atoms with van der Waals surface area (Å²) in [6.07, 6.45) is 0. The number of carbonyl (C=O) groups excluding carboxylic acids is 1. The standard InChI is InChI=1S/C14H12ClN3O/c15-10-4-1-8(2-5-10)13(17)11-7-9(14(18)19)3-6-12(11)16/h1-7,17H,16H2,(H2,18,19). The van der Waals surface area contributed by atoms with Crippen molar-refractivity contribution in [2.75, 3.05) is 5.73 Å². The Hall–Kier alpha value is -2.33. The summed E-state index contributed by atoms with van der Waals surface area (Å²) in [5.74, 6) is -0.551. The summed E-state index contributed by atoms with van der Waals surface area (Å²) in [5.41, 5.74) is 13.2. The second-order valence-corrected chi connectivity index (χ2v) is 4.48. The smallest absolute Gasteiger partial charge is 0.248 e. The lowest BCUT2D eigenvalue weighted by Crippen LogP contribution is -2.13. The number of primary amides is 1. The minimum atomic E-state index is -0.551. The molecule has 4 nitrogen and oxygen atoms in total. The van der Waals surface area contributed by atoms with Gasteiger partial charge in [-0.05, 0) is 30.3 Å². The molecule has 5 N–H and O–H groups in total. The minimum Gasteiger partial charge on any atom is -0.398 e. The van der Waals surface area contributed by atoms with Gasteiger partial charge in [0.1, 0.15) is 0 Å². The van der Waals surface area contributed by atoms with Gasteiger partial charge in [-0.25, -0.2) is 0 Å². The van der Waals surface area contributed by atoms with Gasteiger partial charge in [0.05, 0.1) is 5.71 Å². The van der Waals surface area contributed by atoms with Gasteiger partial charge in [0, 0.05) is 27.4 Å². The van der Waals surface area contributed by atoms with Crippen LogP contribution in [-0.4, -0.2) is 11.6 Å². The third-order valence-electron chi connectivity index (χ3n) is 2.74. The van der Waals surface area contributed by atoms with Crippen molar-refractivity contribution in [1.82, 2.24) is 0 Å². The maximum Gasteiger partial charge on any atom is 0.248 e. The van der Waals surface area contributed by atoms with Crippen LogP contribution in [0.2, 0.25) is 5.02 Å². The first-order valence-electron chi connectivity index (χ1n) is 5.53. The Kier molecular flexibility index (Phi) is 3.53. The molecule has 0 aliphatic heterocycles. The Morgan fingerprint density at radius 1 is 1.05 bits per heavy atom. The predicted molar refractivity (Wildman–Crippen MR) is 76.8 cm³/mol. The summed E-state index contributed by atoms with van der Waals surface area (Å²) in [7, 11) is 0. The SMILES string of the molecule is N=C(c1ccc(Cl)cc1)c1cc(C(N)=O)ccc1N. The Balaban J connectivity index is 2.46. The topological polar surface area (TPSA) is 93.0 Å². The second kappa shape index (κ2) is 5.12. The van der Waals surface area contributed by atoms with Crippen LogP contribution in [0.3, 0.4) is 0 Å². The lowest BCUT2D eigenvalue weighted by Gasteiger charge is -2.09. The van der Waals surface area contributed by atoms with E-state index in [1.165, 1.54) is 12.1 Å². The monoisotopic (exact) mass is 273 g/mol. The average molecular weight is 274 g/mol. The molecule has 96 valence electrons. The number of nitrogens with one attached hydrogen (secondary N) is 1. The molecule has 0 spiro atoms. The van der Waals surface area contributed by atoms with Gasteiger partial charge in [-0.15, -0.1) is 0 Å². The van der Waals surface area contributed by atoms with Gasteiger partial charge in [-0.3, -0.25) is 10.2 Å². The first kappa shape index (κ1) is 13.1. The van der Waals surface area contributed by atoms with Crippen molar-refractivity contribution in [2.24, 2.45) is 5.73 Å². The lowest BCUT2D eigenvalue weighted by molar-refractivity contribution is 0.100. The van der Waals surface area contributed by atoms with E-state index in [-0.39, 0.29) is 5.71 Å². The fourth-order valence-corrected chi connectivity index (χ4v) is 1.82. The third kappa shape index (κ3) is 2.74. The maximum atomic E-state index is 11.2. The summed E-state index contributed by atoms with van der Waals surface area (Å²) >= 11 is 5.80. The Morgan fingerprint density at radius 3 is 2.21 bits per heavy atom. The number of halogens is 1. The summed E-state index contributed by atoms with van der Waals surface area (Å²) in [5, 5.41) is 8.74. The van der Waals surface area contributed by atoms with Crippen LogP contribution in [0.4, 0.5) is 5.69 Å². The number of hydrogen-bond donors (Lipinski definition) is 3. The molecule has 0 unspecified atom stereocenters. The van der Waals surface area contributed by atoms with Gasteiger partial charge < -0.3 is 11.5 Å². The van der Waals surface area contributed by atoms with E-state index in [4.69, 9.17) is 28.5 Å². The van der Waals surface area contributed by atoms with E-state index >= 15 is 0 Å². The number of hydrogen-bond acceptors (Lipinski definition) is 3. The summed E-state index contributed by atoms with van der Waals surface area (Å²) in [6, 6.07) is 11.5. The zero-order valence-electron chi connectivity index (χ0n) is 9.98. The largest absolute Gasteiger partial charge is 0.398 e. The predicted octanol–water partition coefficient (Wildman–Crippen LogP) is 2.44. The van der Waals surface area contributed by atoms with E-state index in [0.717, 1.165) is 0 Å². The second-order valence-electron chi connectivity index (χ2n) is 4.05. The van der Waals surface area contributed by atoms with Crippen LogP contribution in [0.25, 0.3) is 0 Å². The highest BCUT2D eigenvalue weighted by Gasteiger charge is 2.11. The molecule has 0 radical (unpaired) electrons. The number of nitrogen functional groups attached to an aromatic ring is 1. The highest BCUT2D eigenvalue weighted by molar-refractivity contribution is 6.30. The van der Waals surface area contributed by atoms with Gasteiger partial charge in [0.15, 0.2) is 0 Å². The molecule has 2 aromatic carbocycles. The van der Waals surface area contributed by atoms with Crippen molar-refractivity contribution in [3.8, 4) is 0 Å². The fraction of sp³-hybridized carbons (Fsp3) is 0. The van der Waals surface area contributed by atoms with Crippen molar-refractivity contribution >= 4 is 28.9 Å². The quantitative estimate of drug-likeness (QED) is 0.592. The van der Waals surface area contributed by atoms with E-state index in [1.54, 1.807) is 30.3 Å². The lowest BCUT2D eigenvalue weighted by atomic mass is 9.99. The number of carbonyl (C=O) groups is 1. The highest BCUT2D eigenvalue weighted by Crippen LogP contribution is 2.19. The van der Waals surface area contributed by atoms with E-state index in [1.807, 2.05) is 0 Å². The molecule has 2 rings (SSSR count). The summed E-state index contributed by atoms with van der Waals surface area (Å²) in [4.78, 5) is 11.2. The third-order valence-corrected chi connectivity index (χ3v) is 2.99. The van der Waals surface area contributed by atoms with Gasteiger partial charge in [0.2, 0.25) is 5.91 Å². The molecule has 0 saturated heterocycles. The van der Waals surface area contributed by atoms with Crippen molar-refractivity contribution in [3.63, 3.8) is 0 Å². The zero-order chi connectivity index (χ0) is 14.0. The van der Waals surface area contributed by atoms with Crippen LogP contribution in [0.1, 0.15) is 21.5 Å². The number of rotatable bonds is 3. The molecule has 0 bridgehead atoms. The average Bonchev–Trinajstić information content (AvgIpc) is 2.39. The van der Waals surface area contributed by atoms with Crippen molar-refractivity contribution in [3.05, 3.63) is 64.2 Å². The highest BCUT2D eigenvalue weighted by atomic mass is 35.5. The van der Waals surface area contributed by atoms with Gasteiger partial charge in [0.25, 0.3) is 0 Å². The number of amides is 1. The van der Waals surface area contributed by atoms with Gasteiger partial charge >= 0.3 is 0 Å². The first-order chi connectivity index (χ1) is 8.99. The Bertz CT molecular complexity index is 650. The molecule has 0 saturated carbocycles. The van der Waals surface area contributed by atoms with Crippen LogP contribution in [0, 0.1) is 5.41 Å².